The zero-order valence-corrected chi connectivity index (χ0v) is 17.9. The number of nitrogens with one attached hydrogen (secondary N) is 1. The van der Waals surface area contributed by atoms with Gasteiger partial charge in [0.2, 0.25) is 0 Å². The summed E-state index contributed by atoms with van der Waals surface area (Å²) in [6.45, 7) is 12.3. The van der Waals surface area contributed by atoms with Crippen molar-refractivity contribution >= 4 is 23.0 Å². The number of benzene rings is 1. The Balaban J connectivity index is 2.33. The topological polar surface area (TPSA) is 61.7 Å². The average Bonchev–Trinajstić information content (AvgIpc) is 3.10. The number of nitrogens with zero attached hydrogens (tertiary/aromatic N) is 1. The predicted octanol–water partition coefficient (Wildman–Crippen LogP) is 5.81. The molecular formula is C22H30N2O2S. The molecule has 2 N–H and O–H groups in total. The molecule has 0 saturated heterocycles. The van der Waals surface area contributed by atoms with Crippen LogP contribution in [0.5, 0.6) is 5.75 Å². The molecule has 0 bridgehead atoms. The van der Waals surface area contributed by atoms with E-state index in [2.05, 4.69) is 37.4 Å². The number of carbonyl (C=O) groups excluding carboxylic acids is 1. The molecule has 2 rings (SSSR count). The van der Waals surface area contributed by atoms with Crippen LogP contribution in [0.2, 0.25) is 0 Å². The van der Waals surface area contributed by atoms with Crippen LogP contribution >= 0.6 is 11.3 Å². The minimum Gasteiger partial charge on any atom is -0.507 e. The zero-order valence-electron chi connectivity index (χ0n) is 17.1. The van der Waals surface area contributed by atoms with Gasteiger partial charge in [0.05, 0.1) is 16.2 Å². The summed E-state index contributed by atoms with van der Waals surface area (Å²) >= 11 is 1.70. The first-order valence-corrected chi connectivity index (χ1v) is 10.4. The predicted molar refractivity (Wildman–Crippen MR) is 114 cm³/mol. The molecule has 0 radical (unpaired) electrons. The minimum absolute atomic E-state index is 0.0459. The Hall–Kier alpha value is -2.14. The lowest BCUT2D eigenvalue weighted by atomic mass is 9.92. The Morgan fingerprint density at radius 2 is 1.85 bits per heavy atom. The summed E-state index contributed by atoms with van der Waals surface area (Å²) in [5, 5.41) is 14.9. The van der Waals surface area contributed by atoms with E-state index in [0.29, 0.717) is 0 Å². The molecule has 27 heavy (non-hydrogen) atoms. The van der Waals surface area contributed by atoms with Crippen molar-refractivity contribution in [3.8, 4) is 5.75 Å². The molecule has 0 aliphatic rings. The lowest BCUT2D eigenvalue weighted by Crippen LogP contribution is -2.20. The maximum atomic E-state index is 12.8. The summed E-state index contributed by atoms with van der Waals surface area (Å²) in [5.74, 6) is 0.0612. The van der Waals surface area contributed by atoms with E-state index < -0.39 is 0 Å². The molecule has 0 saturated carbocycles. The number of hydrazone groups is 1. The fourth-order valence-electron chi connectivity index (χ4n) is 2.84. The van der Waals surface area contributed by atoms with Crippen LogP contribution in [0.4, 0.5) is 0 Å². The average molecular weight is 387 g/mol. The highest BCUT2D eigenvalue weighted by molar-refractivity contribution is 7.14. The van der Waals surface area contributed by atoms with Gasteiger partial charge in [-0.15, -0.1) is 11.3 Å². The van der Waals surface area contributed by atoms with E-state index in [4.69, 9.17) is 0 Å². The SMILES string of the molecule is CC/C(=N\NC(=O)c1cc(C(C)C)cc(C(C)C)c1O)c1ccc(CC)s1. The molecule has 0 aliphatic heterocycles. The number of amides is 1. The van der Waals surface area contributed by atoms with Crippen molar-refractivity contribution in [2.75, 3.05) is 0 Å². The zero-order chi connectivity index (χ0) is 20.1. The summed E-state index contributed by atoms with van der Waals surface area (Å²) in [7, 11) is 0. The highest BCUT2D eigenvalue weighted by Crippen LogP contribution is 2.33. The van der Waals surface area contributed by atoms with Gasteiger partial charge in [-0.2, -0.15) is 5.10 Å². The van der Waals surface area contributed by atoms with Crippen LogP contribution in [0.25, 0.3) is 0 Å². The Labute approximate surface area is 166 Å². The highest BCUT2D eigenvalue weighted by Gasteiger charge is 2.19. The molecular weight excluding hydrogens is 356 g/mol. The van der Waals surface area contributed by atoms with Crippen LogP contribution in [0.15, 0.2) is 29.4 Å². The van der Waals surface area contributed by atoms with Crippen LogP contribution < -0.4 is 5.43 Å². The summed E-state index contributed by atoms with van der Waals surface area (Å²) < 4.78 is 0. The van der Waals surface area contributed by atoms with E-state index in [9.17, 15) is 9.90 Å². The quantitative estimate of drug-likeness (QED) is 0.466. The van der Waals surface area contributed by atoms with Crippen molar-refractivity contribution in [3.05, 3.63) is 50.7 Å². The number of carbonyl (C=O) groups is 1. The molecule has 1 aromatic carbocycles. The summed E-state index contributed by atoms with van der Waals surface area (Å²) in [6, 6.07) is 7.90. The van der Waals surface area contributed by atoms with Crippen LogP contribution in [0, 0.1) is 0 Å². The number of aromatic hydroxyl groups is 1. The molecule has 0 spiro atoms. The number of hydrogen-bond acceptors (Lipinski definition) is 4. The number of thiophene rings is 1. The van der Waals surface area contributed by atoms with Crippen molar-refractivity contribution in [2.45, 2.75) is 66.2 Å². The van der Waals surface area contributed by atoms with Crippen molar-refractivity contribution in [3.63, 3.8) is 0 Å². The smallest absolute Gasteiger partial charge is 0.275 e. The van der Waals surface area contributed by atoms with E-state index >= 15 is 0 Å². The van der Waals surface area contributed by atoms with Gasteiger partial charge in [0.1, 0.15) is 5.75 Å². The summed E-state index contributed by atoms with van der Waals surface area (Å²) in [5.41, 5.74) is 5.59. The lowest BCUT2D eigenvalue weighted by Gasteiger charge is -2.16. The largest absolute Gasteiger partial charge is 0.507 e. The minimum atomic E-state index is -0.380. The normalized spacial score (nSPS) is 12.1. The molecule has 1 amide bonds. The van der Waals surface area contributed by atoms with Crippen LogP contribution in [-0.2, 0) is 6.42 Å². The van der Waals surface area contributed by atoms with E-state index in [1.165, 1.54) is 4.88 Å². The number of phenols is 1. The first kappa shape index (κ1) is 21.2. The Morgan fingerprint density at radius 3 is 2.37 bits per heavy atom. The third-order valence-corrected chi connectivity index (χ3v) is 5.90. The van der Waals surface area contributed by atoms with Crippen LogP contribution in [0.1, 0.15) is 91.0 Å². The maximum Gasteiger partial charge on any atom is 0.275 e. The van der Waals surface area contributed by atoms with Crippen molar-refractivity contribution in [1.82, 2.24) is 5.43 Å². The second-order valence-electron chi connectivity index (χ2n) is 7.29. The molecule has 2 aromatic rings. The third kappa shape index (κ3) is 4.98. The van der Waals surface area contributed by atoms with Gasteiger partial charge in [0.25, 0.3) is 5.91 Å². The van der Waals surface area contributed by atoms with Gasteiger partial charge < -0.3 is 5.11 Å². The van der Waals surface area contributed by atoms with Crippen molar-refractivity contribution < 1.29 is 9.90 Å². The van der Waals surface area contributed by atoms with Crippen molar-refractivity contribution in [2.24, 2.45) is 5.10 Å². The van der Waals surface area contributed by atoms with Gasteiger partial charge in [-0.3, -0.25) is 4.79 Å². The summed E-state index contributed by atoms with van der Waals surface area (Å²) in [6.07, 6.45) is 1.71. The third-order valence-electron chi connectivity index (χ3n) is 4.62. The molecule has 1 aromatic heterocycles. The first-order valence-electron chi connectivity index (χ1n) is 9.61. The maximum absolute atomic E-state index is 12.8. The van der Waals surface area contributed by atoms with Gasteiger partial charge >= 0.3 is 0 Å². The molecule has 5 heteroatoms. The van der Waals surface area contributed by atoms with Crippen LogP contribution in [0.3, 0.4) is 0 Å². The number of aryl methyl sites for hydroxylation is 1. The van der Waals surface area contributed by atoms with E-state index in [0.717, 1.165) is 34.6 Å². The molecule has 4 nitrogen and oxygen atoms in total. The van der Waals surface area contributed by atoms with Gasteiger partial charge in [0, 0.05) is 4.88 Å². The molecule has 0 atom stereocenters. The first-order chi connectivity index (χ1) is 12.8. The van der Waals surface area contributed by atoms with Gasteiger partial charge in [0.15, 0.2) is 0 Å². The Kier molecular flexibility index (Phi) is 7.19. The molecule has 0 unspecified atom stereocenters. The Morgan fingerprint density at radius 1 is 1.15 bits per heavy atom. The van der Waals surface area contributed by atoms with Crippen molar-refractivity contribution in [1.29, 1.82) is 0 Å². The molecule has 0 fully saturated rings. The summed E-state index contributed by atoms with van der Waals surface area (Å²) in [4.78, 5) is 15.1. The number of hydrogen-bond donors (Lipinski definition) is 2. The highest BCUT2D eigenvalue weighted by atomic mass is 32.1. The second kappa shape index (κ2) is 9.18. The molecule has 146 valence electrons. The molecule has 0 aliphatic carbocycles. The Bertz CT molecular complexity index is 835. The van der Waals surface area contributed by atoms with Crippen LogP contribution in [-0.4, -0.2) is 16.7 Å². The standard InChI is InChI=1S/C22H30N2O2S/c1-7-16-9-10-20(27-16)19(8-2)23-24-22(26)18-12-15(13(3)4)11-17(14(5)6)21(18)25/h9-14,25H,7-8H2,1-6H3,(H,24,26)/b23-19+. The van der Waals surface area contributed by atoms with Gasteiger partial charge in [-0.25, -0.2) is 5.43 Å². The van der Waals surface area contributed by atoms with Gasteiger partial charge in [-0.1, -0.05) is 47.6 Å². The van der Waals surface area contributed by atoms with E-state index in [-0.39, 0.29) is 29.1 Å². The lowest BCUT2D eigenvalue weighted by molar-refractivity contribution is 0.0952. The fourth-order valence-corrected chi connectivity index (χ4v) is 3.84. The van der Waals surface area contributed by atoms with Gasteiger partial charge in [-0.05, 0) is 54.0 Å². The number of phenolic OH excluding ortho intramolecular Hbond substituents is 1. The second-order valence-corrected chi connectivity index (χ2v) is 8.46. The van der Waals surface area contributed by atoms with E-state index in [1.54, 1.807) is 17.4 Å². The molecule has 1 heterocycles. The van der Waals surface area contributed by atoms with E-state index in [1.807, 2.05) is 32.9 Å². The number of rotatable bonds is 7. The monoisotopic (exact) mass is 386 g/mol. The fraction of sp³-hybridized carbons (Fsp3) is 0.455.